The first-order valence-corrected chi connectivity index (χ1v) is 12.2. The molecule has 4 aromatic rings. The molecule has 0 aliphatic rings. The number of hydrogen-bond acceptors (Lipinski definition) is 3. The van der Waals surface area contributed by atoms with Crippen LogP contribution in [-0.2, 0) is 9.53 Å². The average Bonchev–Trinajstić information content (AvgIpc) is 2.88. The minimum Gasteiger partial charge on any atom is -0.465 e. The van der Waals surface area contributed by atoms with Crippen LogP contribution in [0.4, 0.5) is 4.39 Å². The van der Waals surface area contributed by atoms with E-state index >= 15 is 0 Å². The van der Waals surface area contributed by atoms with Crippen LogP contribution in [0.25, 0.3) is 0 Å². The van der Waals surface area contributed by atoms with Gasteiger partial charge in [0.25, 0.3) is 0 Å². The fraction of sp³-hybridized carbons (Fsp3) is 0.0357. The molecule has 0 aliphatic heterocycles. The maximum atomic E-state index is 14.1. The Morgan fingerprint density at radius 2 is 1.12 bits per heavy atom. The Hall–Kier alpha value is -3.75. The van der Waals surface area contributed by atoms with E-state index in [9.17, 15) is 14.0 Å². The molecule has 0 spiro atoms. The normalized spacial score (nSPS) is 11.0. The maximum absolute atomic E-state index is 14.1. The number of hydrogen-bond donors (Lipinski definition) is 0. The van der Waals surface area contributed by atoms with Crippen molar-refractivity contribution in [1.82, 2.24) is 0 Å². The SMILES string of the molecule is COC(=O)C(C(=O)c1cccc(F)c1)=P(c1ccccc1)(c1ccccc1)c1ccccc1. The summed E-state index contributed by atoms with van der Waals surface area (Å²) in [6.07, 6.45) is 0. The van der Waals surface area contributed by atoms with Crippen molar-refractivity contribution in [3.8, 4) is 0 Å². The van der Waals surface area contributed by atoms with E-state index in [4.69, 9.17) is 4.74 Å². The van der Waals surface area contributed by atoms with Gasteiger partial charge in [-0.2, -0.15) is 0 Å². The summed E-state index contributed by atoms with van der Waals surface area (Å²) in [6, 6.07) is 33.9. The quantitative estimate of drug-likeness (QED) is 0.188. The highest BCUT2D eigenvalue weighted by molar-refractivity contribution is 7.97. The van der Waals surface area contributed by atoms with Crippen LogP contribution in [0, 0.1) is 5.82 Å². The van der Waals surface area contributed by atoms with Crippen molar-refractivity contribution >= 4 is 39.8 Å². The first kappa shape index (κ1) is 22.4. The predicted octanol–water partition coefficient (Wildman–Crippen LogP) is 4.35. The molecule has 5 heteroatoms. The Balaban J connectivity index is 2.26. The average molecular weight is 456 g/mol. The van der Waals surface area contributed by atoms with Crippen molar-refractivity contribution in [2.75, 3.05) is 7.11 Å². The molecule has 3 nitrogen and oxygen atoms in total. The fourth-order valence-corrected chi connectivity index (χ4v) is 8.36. The third-order valence-electron chi connectivity index (χ3n) is 5.45. The summed E-state index contributed by atoms with van der Waals surface area (Å²) in [7, 11) is 1.26. The minimum atomic E-state index is -3.00. The number of methoxy groups -OCH3 is 1. The van der Waals surface area contributed by atoms with Crippen LogP contribution in [0.2, 0.25) is 0 Å². The highest BCUT2D eigenvalue weighted by atomic mass is 31.2. The van der Waals surface area contributed by atoms with Gasteiger partial charge in [0.15, 0.2) is 0 Å². The van der Waals surface area contributed by atoms with Crippen LogP contribution in [0.3, 0.4) is 0 Å². The summed E-state index contributed by atoms with van der Waals surface area (Å²) in [5.74, 6) is -1.83. The Morgan fingerprint density at radius 3 is 1.52 bits per heavy atom. The molecule has 164 valence electrons. The molecule has 0 aromatic heterocycles. The minimum absolute atomic E-state index is 0.000741. The molecular weight excluding hydrogens is 434 g/mol. The smallest absolute Gasteiger partial charge is 0.342 e. The first-order chi connectivity index (χ1) is 16.1. The number of ketones is 1. The second-order valence-electron chi connectivity index (χ2n) is 7.36. The zero-order valence-electron chi connectivity index (χ0n) is 18.0. The van der Waals surface area contributed by atoms with Gasteiger partial charge in [-0.1, -0.05) is 103 Å². The molecule has 0 saturated carbocycles. The highest BCUT2D eigenvalue weighted by Crippen LogP contribution is 2.47. The van der Waals surface area contributed by atoms with E-state index in [0.717, 1.165) is 22.0 Å². The molecule has 0 saturated heterocycles. The zero-order valence-corrected chi connectivity index (χ0v) is 18.9. The lowest BCUT2D eigenvalue weighted by Gasteiger charge is -2.31. The molecule has 0 atom stereocenters. The molecule has 0 bridgehead atoms. The summed E-state index contributed by atoms with van der Waals surface area (Å²) in [4.78, 5) is 27.4. The third-order valence-corrected chi connectivity index (χ3v) is 9.72. The van der Waals surface area contributed by atoms with Crippen LogP contribution < -0.4 is 15.9 Å². The van der Waals surface area contributed by atoms with Gasteiger partial charge in [0, 0.05) is 5.56 Å². The van der Waals surface area contributed by atoms with Crippen molar-refractivity contribution in [3.05, 3.63) is 127 Å². The van der Waals surface area contributed by atoms with E-state index < -0.39 is 24.5 Å². The standard InChI is InChI=1S/C28H22FO3P/c1-32-28(31)27(26(30)21-12-11-13-22(29)20-21)33(23-14-5-2-6-15-23,24-16-7-3-8-17-24)25-18-9-4-10-19-25/h2-20H,1H3. The molecule has 4 aromatic carbocycles. The molecule has 0 unspecified atom stereocenters. The summed E-state index contributed by atoms with van der Waals surface area (Å²) < 4.78 is 19.3. The van der Waals surface area contributed by atoms with Crippen molar-refractivity contribution in [1.29, 1.82) is 0 Å². The fourth-order valence-electron chi connectivity index (χ4n) is 4.03. The van der Waals surface area contributed by atoms with Crippen LogP contribution in [0.1, 0.15) is 10.4 Å². The number of ether oxygens (including phenoxy) is 1. The van der Waals surface area contributed by atoms with Crippen molar-refractivity contribution in [3.63, 3.8) is 0 Å². The van der Waals surface area contributed by atoms with Gasteiger partial charge < -0.3 is 4.74 Å². The lowest BCUT2D eigenvalue weighted by Crippen LogP contribution is -2.38. The summed E-state index contributed by atoms with van der Waals surface area (Å²) in [6.45, 7) is -3.00. The van der Waals surface area contributed by atoms with Gasteiger partial charge in [0.2, 0.25) is 5.78 Å². The summed E-state index contributed by atoms with van der Waals surface area (Å²) in [5, 5.41) is 2.48. The van der Waals surface area contributed by atoms with Gasteiger partial charge in [-0.3, -0.25) is 4.79 Å². The van der Waals surface area contributed by atoms with Gasteiger partial charge in [0.1, 0.15) is 11.1 Å². The van der Waals surface area contributed by atoms with Crippen LogP contribution in [0.15, 0.2) is 115 Å². The number of esters is 1. The Labute approximate surface area is 192 Å². The molecule has 0 N–H and O–H groups in total. The lowest BCUT2D eigenvalue weighted by molar-refractivity contribution is -0.132. The Morgan fingerprint density at radius 1 is 0.667 bits per heavy atom. The number of rotatable bonds is 6. The number of halogens is 1. The summed E-state index contributed by atoms with van der Waals surface area (Å²) in [5.41, 5.74) is 0.0996. The molecular formula is C28H22FO3P. The number of carbonyl (C=O) groups excluding carboxylic acids is 2. The predicted molar refractivity (Wildman–Crippen MR) is 133 cm³/mol. The van der Waals surface area contributed by atoms with Crippen molar-refractivity contribution < 1.29 is 18.7 Å². The molecule has 0 fully saturated rings. The van der Waals surface area contributed by atoms with Crippen LogP contribution in [0.5, 0.6) is 0 Å². The topological polar surface area (TPSA) is 43.4 Å². The second-order valence-corrected chi connectivity index (χ2v) is 10.7. The van der Waals surface area contributed by atoms with E-state index in [0.29, 0.717) is 0 Å². The van der Waals surface area contributed by atoms with Gasteiger partial charge >= 0.3 is 5.97 Å². The highest BCUT2D eigenvalue weighted by Gasteiger charge is 2.37. The van der Waals surface area contributed by atoms with Gasteiger partial charge in [-0.15, -0.1) is 0 Å². The van der Waals surface area contributed by atoms with E-state index in [1.807, 2.05) is 91.0 Å². The molecule has 4 rings (SSSR count). The lowest BCUT2D eigenvalue weighted by atomic mass is 10.1. The molecule has 33 heavy (non-hydrogen) atoms. The molecule has 0 radical (unpaired) electrons. The third kappa shape index (κ3) is 4.18. The maximum Gasteiger partial charge on any atom is 0.342 e. The zero-order chi connectivity index (χ0) is 23.3. The van der Waals surface area contributed by atoms with E-state index in [-0.39, 0.29) is 10.9 Å². The van der Waals surface area contributed by atoms with E-state index in [2.05, 4.69) is 0 Å². The monoisotopic (exact) mass is 456 g/mol. The van der Waals surface area contributed by atoms with Gasteiger partial charge in [-0.05, 0) is 34.9 Å². The van der Waals surface area contributed by atoms with Crippen LogP contribution >= 0.6 is 6.89 Å². The van der Waals surface area contributed by atoms with E-state index in [1.54, 1.807) is 0 Å². The largest absolute Gasteiger partial charge is 0.465 e. The van der Waals surface area contributed by atoms with Crippen LogP contribution in [-0.4, -0.2) is 24.2 Å². The first-order valence-electron chi connectivity index (χ1n) is 10.4. The van der Waals surface area contributed by atoms with Crippen molar-refractivity contribution in [2.45, 2.75) is 0 Å². The number of benzene rings is 4. The summed E-state index contributed by atoms with van der Waals surface area (Å²) >= 11 is 0. The molecule has 0 amide bonds. The number of carbonyl (C=O) groups is 2. The van der Waals surface area contributed by atoms with Gasteiger partial charge in [-0.25, -0.2) is 9.18 Å². The Kier molecular flexibility index (Phi) is 6.67. The Bertz CT molecular complexity index is 1230. The molecule has 0 aliphatic carbocycles. The van der Waals surface area contributed by atoms with E-state index in [1.165, 1.54) is 25.3 Å². The van der Waals surface area contributed by atoms with Gasteiger partial charge in [0.05, 0.1) is 7.11 Å². The second kappa shape index (κ2) is 9.81. The number of Topliss-reactive ketones (excluding diaryl/α,β-unsaturated/α-hetero) is 1. The van der Waals surface area contributed by atoms with Crippen molar-refractivity contribution in [2.24, 2.45) is 0 Å². The molecule has 0 heterocycles.